The van der Waals surface area contributed by atoms with Crippen LogP contribution in [0.4, 0.5) is 0 Å². The number of fused-ring (bicyclic) bond motifs is 2. The molecule has 0 N–H and O–H groups in total. The van der Waals surface area contributed by atoms with Gasteiger partial charge in [0.15, 0.2) is 0 Å². The van der Waals surface area contributed by atoms with E-state index >= 15 is 0 Å². The fourth-order valence-corrected chi connectivity index (χ4v) is 41.7. The van der Waals surface area contributed by atoms with Crippen molar-refractivity contribution in [2.45, 2.75) is 105 Å². The molecule has 4 unspecified atom stereocenters. The van der Waals surface area contributed by atoms with Gasteiger partial charge in [-0.25, -0.2) is 0 Å². The van der Waals surface area contributed by atoms with Gasteiger partial charge in [0.1, 0.15) is 0 Å². The molecule has 3 aliphatic carbocycles. The van der Waals surface area contributed by atoms with Crippen LogP contribution in [0.1, 0.15) is 126 Å². The Balaban J connectivity index is 1.38. The Morgan fingerprint density at radius 1 is 0.660 bits per heavy atom. The van der Waals surface area contributed by atoms with Gasteiger partial charge in [-0.05, 0) is 0 Å². The summed E-state index contributed by atoms with van der Waals surface area (Å²) in [6.45, 7) is 16.5. The maximum absolute atomic E-state index is 8.76. The van der Waals surface area contributed by atoms with Crippen LogP contribution in [0.25, 0.3) is 34.4 Å². The van der Waals surface area contributed by atoms with Gasteiger partial charge in [-0.15, -0.1) is 0 Å². The van der Waals surface area contributed by atoms with E-state index in [2.05, 4.69) is 145 Å². The molecule has 4 heteroatoms. The van der Waals surface area contributed by atoms with Crippen LogP contribution in [0.2, 0.25) is 13.1 Å². The number of hydrogen-bond acceptors (Lipinski definition) is 0. The number of allylic oxidation sites excluding steroid dienone is 2. The molecule has 1 saturated carbocycles. The molecule has 0 aromatic heterocycles. The third-order valence-corrected chi connectivity index (χ3v) is 65.2. The average molecular weight is 798 g/mol. The van der Waals surface area contributed by atoms with Crippen LogP contribution in [0.15, 0.2) is 96.1 Å². The molecule has 0 nitrogen and oxygen atoms in total. The third-order valence-electron chi connectivity index (χ3n) is 13.2. The predicted molar refractivity (Wildman–Crippen MR) is 221 cm³/mol. The van der Waals surface area contributed by atoms with Crippen LogP contribution in [0.3, 0.4) is 0 Å². The summed E-state index contributed by atoms with van der Waals surface area (Å²) in [5.41, 5.74) is 16.5. The molecular formula is C46H55Cl2SiZr. The van der Waals surface area contributed by atoms with Crippen LogP contribution < -0.4 is 0 Å². The first-order valence-electron chi connectivity index (χ1n) is 19.4. The van der Waals surface area contributed by atoms with E-state index in [-0.39, 0.29) is 7.25 Å². The summed E-state index contributed by atoms with van der Waals surface area (Å²) in [6, 6.07) is 32.6. The standard InChI is InChI=1S/C24H27.C20H21.C2H7Si.2ClH.Zr/c1-3-17(2)18-11-13-20(14-12-18)23-10-6-9-21-15-22(16-24(21)23)19-7-4-5-8-19;1-4-15(3)16-8-10-17(11-9-16)19-7-5-6-18-12-14(2)13-20(18)19;1-3-2;;;/h6,9-17,19H,3-5,7-8H2,1-2H3;5-13,15H,4H2,1-3H3;3H,1-2H3;2*1H;/q;;;;;+2/p-2. The van der Waals surface area contributed by atoms with E-state index in [1.54, 1.807) is 5.57 Å². The van der Waals surface area contributed by atoms with E-state index in [1.807, 2.05) is 0 Å². The molecule has 0 radical (unpaired) electrons. The summed E-state index contributed by atoms with van der Waals surface area (Å²) >= 11 is -4.83. The Bertz CT molecular complexity index is 1950. The molecule has 261 valence electrons. The van der Waals surface area contributed by atoms with Crippen molar-refractivity contribution in [1.82, 2.24) is 0 Å². The van der Waals surface area contributed by atoms with Crippen molar-refractivity contribution < 1.29 is 15.6 Å². The maximum atomic E-state index is 8.76. The van der Waals surface area contributed by atoms with Crippen LogP contribution in [-0.4, -0.2) is 5.92 Å². The SMILES string of the molecule is CCC(C)c1ccc(-c2cccc3c2C=C(C)[CH]3[Zr]([Cl])([Cl])([CH]2C(C3CCCC3)=Cc3c(-c4ccc(C(C)CC)cc4)cccc32)[SiH](C)C)cc1. The molecular weight excluding hydrogens is 743 g/mol. The Morgan fingerprint density at radius 3 is 1.58 bits per heavy atom. The zero-order chi connectivity index (χ0) is 35.4. The van der Waals surface area contributed by atoms with Gasteiger partial charge in [-0.3, -0.25) is 0 Å². The second-order valence-electron chi connectivity index (χ2n) is 16.2. The summed E-state index contributed by atoms with van der Waals surface area (Å²) in [7, 11) is 17.5. The topological polar surface area (TPSA) is 0 Å². The summed E-state index contributed by atoms with van der Waals surface area (Å²) in [4.78, 5) is 0. The van der Waals surface area contributed by atoms with Gasteiger partial charge in [0.05, 0.1) is 0 Å². The van der Waals surface area contributed by atoms with Gasteiger partial charge >= 0.3 is 314 Å². The number of rotatable bonds is 10. The van der Waals surface area contributed by atoms with E-state index in [0.29, 0.717) is 17.8 Å². The summed E-state index contributed by atoms with van der Waals surface area (Å²) in [6.07, 6.45) is 12.4. The molecule has 7 rings (SSSR count). The minimum atomic E-state index is -4.83. The zero-order valence-corrected chi connectivity index (χ0v) is 36.3. The second-order valence-corrected chi connectivity index (χ2v) is 58.7. The van der Waals surface area contributed by atoms with Crippen molar-refractivity contribution in [3.8, 4) is 22.3 Å². The number of benzene rings is 4. The molecule has 4 atom stereocenters. The molecule has 0 aliphatic heterocycles. The van der Waals surface area contributed by atoms with Crippen molar-refractivity contribution >= 4 is 35.1 Å². The Hall–Kier alpha value is -1.96. The van der Waals surface area contributed by atoms with Gasteiger partial charge < -0.3 is 0 Å². The minimum absolute atomic E-state index is 0.111. The van der Waals surface area contributed by atoms with E-state index in [4.69, 9.17) is 17.0 Å². The molecule has 4 aromatic rings. The number of hydrogen-bond donors (Lipinski definition) is 0. The average Bonchev–Trinajstić information content (AvgIpc) is 3.88. The molecule has 4 aromatic carbocycles. The second kappa shape index (κ2) is 14.1. The molecule has 0 saturated heterocycles. The summed E-state index contributed by atoms with van der Waals surface area (Å²) in [5, 5.41) is 0. The van der Waals surface area contributed by atoms with Gasteiger partial charge in [0.25, 0.3) is 0 Å². The van der Waals surface area contributed by atoms with E-state index in [9.17, 15) is 0 Å². The van der Waals surface area contributed by atoms with Crippen LogP contribution in [0.5, 0.6) is 0 Å². The van der Waals surface area contributed by atoms with Gasteiger partial charge in [0.2, 0.25) is 0 Å². The summed E-state index contributed by atoms with van der Waals surface area (Å²) in [5.74, 6) is 0.0710. The molecule has 0 bridgehead atoms. The first-order chi connectivity index (χ1) is 24.0. The van der Waals surface area contributed by atoms with Crippen LogP contribution in [-0.2, 0) is 15.6 Å². The molecule has 50 heavy (non-hydrogen) atoms. The summed E-state index contributed by atoms with van der Waals surface area (Å²) < 4.78 is 0.252. The van der Waals surface area contributed by atoms with Crippen molar-refractivity contribution in [3.05, 3.63) is 129 Å². The first kappa shape index (κ1) is 36.4. The fraction of sp³-hybridized carbons (Fsp3) is 0.391. The van der Waals surface area contributed by atoms with Gasteiger partial charge in [0, 0.05) is 0 Å². The first-order valence-corrected chi connectivity index (χ1v) is 35.7. The van der Waals surface area contributed by atoms with Gasteiger partial charge in [-0.1, -0.05) is 0 Å². The monoisotopic (exact) mass is 795 g/mol. The fourth-order valence-electron chi connectivity index (χ4n) is 9.73. The van der Waals surface area contributed by atoms with Crippen molar-refractivity contribution in [3.63, 3.8) is 0 Å². The molecule has 0 amide bonds. The third kappa shape index (κ3) is 5.97. The number of halogens is 2. The zero-order valence-electron chi connectivity index (χ0n) is 31.2. The quantitative estimate of drug-likeness (QED) is 0.140. The van der Waals surface area contributed by atoms with Crippen molar-refractivity contribution in [2.75, 3.05) is 0 Å². The Labute approximate surface area is 311 Å². The molecule has 0 heterocycles. The molecule has 0 spiro atoms. The van der Waals surface area contributed by atoms with Crippen molar-refractivity contribution in [2.24, 2.45) is 5.92 Å². The van der Waals surface area contributed by atoms with Crippen LogP contribution >= 0.6 is 17.0 Å². The van der Waals surface area contributed by atoms with E-state index < -0.39 is 21.5 Å². The van der Waals surface area contributed by atoms with Gasteiger partial charge in [-0.2, -0.15) is 0 Å². The van der Waals surface area contributed by atoms with E-state index in [1.165, 1.54) is 86.9 Å². The molecule has 3 aliphatic rings. The Morgan fingerprint density at radius 2 is 1.12 bits per heavy atom. The van der Waals surface area contributed by atoms with Crippen LogP contribution in [0, 0.1) is 5.92 Å². The van der Waals surface area contributed by atoms with E-state index in [0.717, 1.165) is 12.8 Å². The Kier molecular flexibility index (Phi) is 10.3. The predicted octanol–water partition coefficient (Wildman–Crippen LogP) is 14.8. The van der Waals surface area contributed by atoms with Crippen molar-refractivity contribution in [1.29, 1.82) is 0 Å². The normalized spacial score (nSPS) is 21.0. The molecule has 1 fully saturated rings.